The molecule has 2 rings (SSSR count). The van der Waals surface area contributed by atoms with Gasteiger partial charge in [-0.15, -0.1) is 0 Å². The van der Waals surface area contributed by atoms with E-state index in [1.165, 1.54) is 38.6 Å². The first-order chi connectivity index (χ1) is 9.73. The molecule has 1 fully saturated rings. The molecule has 1 aliphatic heterocycles. The molecule has 122 valence electrons. The lowest BCUT2D eigenvalue weighted by molar-refractivity contribution is -0.566. The molecule has 0 bridgehead atoms. The Morgan fingerprint density at radius 1 is 1.00 bits per heavy atom. The molecule has 0 N–H and O–H groups in total. The normalized spacial score (nSPS) is 25.6. The molecule has 0 radical (unpaired) electrons. The highest BCUT2D eigenvalue weighted by Gasteiger charge is 2.49. The first-order valence-corrected chi connectivity index (χ1v) is 9.15. The fourth-order valence-electron chi connectivity index (χ4n) is 4.35. The van der Waals surface area contributed by atoms with E-state index < -0.39 is 0 Å². The van der Waals surface area contributed by atoms with Gasteiger partial charge in [0, 0.05) is 5.41 Å². The van der Waals surface area contributed by atoms with Crippen molar-refractivity contribution in [3.05, 3.63) is 0 Å². The minimum Gasteiger partial charge on any atom is -0.258 e. The van der Waals surface area contributed by atoms with Crippen molar-refractivity contribution in [1.82, 2.24) is 4.90 Å². The highest BCUT2D eigenvalue weighted by Crippen LogP contribution is 2.34. The zero-order valence-electron chi connectivity index (χ0n) is 15.4. The fourth-order valence-corrected chi connectivity index (χ4v) is 4.35. The summed E-state index contributed by atoms with van der Waals surface area (Å²) < 4.78 is 2.81. The summed E-state index contributed by atoms with van der Waals surface area (Å²) in [6.45, 7) is 18.0. The maximum Gasteiger partial charge on any atom is 0.250 e. The predicted octanol–water partition coefficient (Wildman–Crippen LogP) is 4.52. The fraction of sp³-hybridized carbons (Fsp3) is 0.947. The third kappa shape index (κ3) is 3.46. The van der Waals surface area contributed by atoms with Gasteiger partial charge in [0.1, 0.15) is 12.6 Å². The number of hydrogen-bond acceptors (Lipinski definition) is 1. The van der Waals surface area contributed by atoms with Crippen LogP contribution in [0.1, 0.15) is 80.6 Å². The van der Waals surface area contributed by atoms with Gasteiger partial charge in [0.2, 0.25) is 5.84 Å². The first-order valence-electron chi connectivity index (χ1n) is 9.15. The van der Waals surface area contributed by atoms with Crippen molar-refractivity contribution in [3.63, 3.8) is 0 Å². The Morgan fingerprint density at radius 2 is 1.57 bits per heavy atom. The molecule has 0 amide bonds. The van der Waals surface area contributed by atoms with Crippen molar-refractivity contribution in [2.24, 2.45) is 11.3 Å². The first kappa shape index (κ1) is 16.8. The van der Waals surface area contributed by atoms with Crippen LogP contribution in [0.3, 0.4) is 0 Å². The second kappa shape index (κ2) is 6.30. The van der Waals surface area contributed by atoms with E-state index in [2.05, 4.69) is 57.9 Å². The number of rotatable bonds is 3. The molecule has 1 saturated carbocycles. The van der Waals surface area contributed by atoms with Crippen molar-refractivity contribution in [3.8, 4) is 0 Å². The maximum atomic E-state index is 2.81. The zero-order valence-corrected chi connectivity index (χ0v) is 15.4. The zero-order chi connectivity index (χ0) is 15.8. The largest absolute Gasteiger partial charge is 0.258 e. The number of amidine groups is 1. The van der Waals surface area contributed by atoms with Crippen LogP contribution in [-0.2, 0) is 0 Å². The Hall–Kier alpha value is -0.530. The van der Waals surface area contributed by atoms with Gasteiger partial charge in [0.25, 0.3) is 0 Å². The second-order valence-corrected chi connectivity index (χ2v) is 8.84. The second-order valence-electron chi connectivity index (χ2n) is 8.84. The topological polar surface area (TPSA) is 6.25 Å². The van der Waals surface area contributed by atoms with Crippen LogP contribution in [0.5, 0.6) is 0 Å². The van der Waals surface area contributed by atoms with E-state index in [9.17, 15) is 0 Å². The van der Waals surface area contributed by atoms with Gasteiger partial charge < -0.3 is 0 Å². The lowest BCUT2D eigenvalue weighted by Crippen LogP contribution is -2.49. The number of hydrogen-bond donors (Lipinski definition) is 0. The van der Waals surface area contributed by atoms with Gasteiger partial charge in [-0.3, -0.25) is 9.48 Å². The Morgan fingerprint density at radius 3 is 2.00 bits per heavy atom. The summed E-state index contributed by atoms with van der Waals surface area (Å²) in [7, 11) is 0. The summed E-state index contributed by atoms with van der Waals surface area (Å²) in [5.74, 6) is 2.25. The van der Waals surface area contributed by atoms with Gasteiger partial charge in [-0.1, -0.05) is 41.0 Å². The molecule has 1 heterocycles. The summed E-state index contributed by atoms with van der Waals surface area (Å²) in [4.78, 5) is 2.75. The molecule has 2 nitrogen and oxygen atoms in total. The standard InChI is InChI=1S/C19H37N2/c1-14(2)18-20(16-11-9-8-10-12-16)13-17(19(5,6)7)21(18)15(3)4/h14-17H,8-13H2,1-7H3/q+1/t17-/m1/s1. The molecule has 0 aromatic carbocycles. The Bertz CT molecular complexity index is 381. The van der Waals surface area contributed by atoms with Crippen molar-refractivity contribution < 1.29 is 4.58 Å². The molecule has 1 atom stereocenters. The van der Waals surface area contributed by atoms with Crippen LogP contribution < -0.4 is 0 Å². The minimum atomic E-state index is 0.341. The Balaban J connectivity index is 2.37. The SMILES string of the molecule is CC(C)C1=[N+](C2CCCCC2)C[C@H](C(C)(C)C)N1C(C)C. The van der Waals surface area contributed by atoms with E-state index in [1.54, 1.807) is 5.84 Å². The van der Waals surface area contributed by atoms with E-state index in [4.69, 9.17) is 0 Å². The molecule has 0 aromatic rings. The highest BCUT2D eigenvalue weighted by atomic mass is 15.4. The Labute approximate surface area is 132 Å². The molecule has 0 unspecified atom stereocenters. The van der Waals surface area contributed by atoms with Crippen molar-refractivity contribution in [2.45, 2.75) is 98.7 Å². The molecule has 0 spiro atoms. The van der Waals surface area contributed by atoms with Crippen molar-refractivity contribution >= 4 is 5.84 Å². The van der Waals surface area contributed by atoms with E-state index in [0.717, 1.165) is 6.04 Å². The lowest BCUT2D eigenvalue weighted by Gasteiger charge is -2.33. The predicted molar refractivity (Wildman–Crippen MR) is 92.1 cm³/mol. The summed E-state index contributed by atoms with van der Waals surface area (Å²) in [5, 5.41) is 0. The van der Waals surface area contributed by atoms with E-state index in [1.807, 2.05) is 0 Å². The molecule has 2 aliphatic rings. The maximum absolute atomic E-state index is 2.81. The third-order valence-electron chi connectivity index (χ3n) is 5.35. The van der Waals surface area contributed by atoms with Crippen LogP contribution in [0.2, 0.25) is 0 Å². The molecule has 2 heteroatoms. The molecule has 0 aromatic heterocycles. The van der Waals surface area contributed by atoms with Gasteiger partial charge in [-0.25, -0.2) is 0 Å². The minimum absolute atomic E-state index is 0.341. The smallest absolute Gasteiger partial charge is 0.250 e. The number of nitrogens with zero attached hydrogens (tertiary/aromatic N) is 2. The van der Waals surface area contributed by atoms with Crippen LogP contribution in [0, 0.1) is 11.3 Å². The van der Waals surface area contributed by atoms with Crippen LogP contribution in [0.15, 0.2) is 0 Å². The van der Waals surface area contributed by atoms with Crippen molar-refractivity contribution in [1.29, 1.82) is 0 Å². The lowest BCUT2D eigenvalue weighted by atomic mass is 9.85. The van der Waals surface area contributed by atoms with Gasteiger partial charge in [-0.2, -0.15) is 0 Å². The van der Waals surface area contributed by atoms with E-state index >= 15 is 0 Å². The van der Waals surface area contributed by atoms with E-state index in [-0.39, 0.29) is 0 Å². The van der Waals surface area contributed by atoms with Crippen LogP contribution in [-0.4, -0.2) is 40.0 Å². The average molecular weight is 294 g/mol. The third-order valence-corrected chi connectivity index (χ3v) is 5.35. The molecular formula is C19H37N2+. The summed E-state index contributed by atoms with van der Waals surface area (Å²) in [5.41, 5.74) is 0.341. The quantitative estimate of drug-likeness (QED) is 0.693. The van der Waals surface area contributed by atoms with E-state index in [0.29, 0.717) is 23.4 Å². The van der Waals surface area contributed by atoms with Crippen LogP contribution >= 0.6 is 0 Å². The molecule has 1 aliphatic carbocycles. The van der Waals surface area contributed by atoms with Crippen molar-refractivity contribution in [2.75, 3.05) is 6.54 Å². The summed E-state index contributed by atoms with van der Waals surface area (Å²) >= 11 is 0. The Kier molecular flexibility index (Phi) is 5.05. The monoisotopic (exact) mass is 293 g/mol. The summed E-state index contributed by atoms with van der Waals surface area (Å²) in [6, 6.07) is 2.04. The average Bonchev–Trinajstić information content (AvgIpc) is 2.80. The molecule has 21 heavy (non-hydrogen) atoms. The summed E-state index contributed by atoms with van der Waals surface area (Å²) in [6.07, 6.45) is 7.10. The van der Waals surface area contributed by atoms with Gasteiger partial charge in [-0.05, 0) is 39.5 Å². The van der Waals surface area contributed by atoms with Gasteiger partial charge >= 0.3 is 0 Å². The molecular weight excluding hydrogens is 256 g/mol. The molecule has 0 saturated heterocycles. The van der Waals surface area contributed by atoms with Gasteiger partial charge in [0.05, 0.1) is 18.0 Å². The van der Waals surface area contributed by atoms with Crippen LogP contribution in [0.4, 0.5) is 0 Å². The van der Waals surface area contributed by atoms with Gasteiger partial charge in [0.15, 0.2) is 0 Å². The highest BCUT2D eigenvalue weighted by molar-refractivity contribution is 5.81. The van der Waals surface area contributed by atoms with Crippen LogP contribution in [0.25, 0.3) is 0 Å².